The van der Waals surface area contributed by atoms with E-state index in [1.165, 1.54) is 0 Å². The molecule has 2 atom stereocenters. The summed E-state index contributed by atoms with van der Waals surface area (Å²) < 4.78 is 5.78. The Morgan fingerprint density at radius 2 is 2.44 bits per heavy atom. The van der Waals surface area contributed by atoms with Crippen molar-refractivity contribution in [2.24, 2.45) is 0 Å². The number of amides is 1. The second kappa shape index (κ2) is 5.01. The zero-order valence-corrected chi connectivity index (χ0v) is 10.7. The molecule has 0 aromatic carbocycles. The summed E-state index contributed by atoms with van der Waals surface area (Å²) in [5.41, 5.74) is 0. The van der Waals surface area contributed by atoms with Crippen LogP contribution in [0.15, 0.2) is 21.2 Å². The fourth-order valence-electron chi connectivity index (χ4n) is 1.96. The van der Waals surface area contributed by atoms with E-state index >= 15 is 0 Å². The summed E-state index contributed by atoms with van der Waals surface area (Å²) >= 11 is 3.18. The van der Waals surface area contributed by atoms with Gasteiger partial charge in [0, 0.05) is 12.1 Å². The molecule has 1 aromatic heterocycles. The summed E-state index contributed by atoms with van der Waals surface area (Å²) in [5, 5.41) is 6.33. The van der Waals surface area contributed by atoms with Crippen molar-refractivity contribution in [2.75, 3.05) is 6.54 Å². The maximum absolute atomic E-state index is 11.8. The number of carbonyl (C=O) groups excluding carboxylic acids is 1. The molecule has 0 spiro atoms. The normalized spacial score (nSPS) is 25.4. The standard InChI is InChI=1S/C11H15BrN2O2/c1-7-6-8(4-5-13-7)14-11(15)9-2-3-10(12)16-9/h2-3,7-8,13H,4-6H2,1H3,(H,14,15). The summed E-state index contributed by atoms with van der Waals surface area (Å²) in [6.45, 7) is 3.08. The quantitative estimate of drug-likeness (QED) is 0.873. The molecule has 2 heterocycles. The summed E-state index contributed by atoms with van der Waals surface area (Å²) in [4.78, 5) is 11.8. The van der Waals surface area contributed by atoms with Gasteiger partial charge in [-0.1, -0.05) is 0 Å². The molecule has 1 fully saturated rings. The van der Waals surface area contributed by atoms with Crippen LogP contribution in [0.2, 0.25) is 0 Å². The zero-order valence-electron chi connectivity index (χ0n) is 9.13. The van der Waals surface area contributed by atoms with Crippen molar-refractivity contribution in [1.82, 2.24) is 10.6 Å². The predicted molar refractivity (Wildman–Crippen MR) is 64.4 cm³/mol. The number of furan rings is 1. The van der Waals surface area contributed by atoms with Crippen LogP contribution in [-0.2, 0) is 0 Å². The first kappa shape index (κ1) is 11.7. The lowest BCUT2D eigenvalue weighted by Crippen LogP contribution is -2.46. The van der Waals surface area contributed by atoms with Crippen molar-refractivity contribution < 1.29 is 9.21 Å². The largest absolute Gasteiger partial charge is 0.444 e. The van der Waals surface area contributed by atoms with Gasteiger partial charge < -0.3 is 15.1 Å². The molecular weight excluding hydrogens is 272 g/mol. The van der Waals surface area contributed by atoms with E-state index in [0.717, 1.165) is 19.4 Å². The van der Waals surface area contributed by atoms with E-state index in [4.69, 9.17) is 4.42 Å². The van der Waals surface area contributed by atoms with E-state index in [9.17, 15) is 4.79 Å². The van der Waals surface area contributed by atoms with Crippen LogP contribution in [0, 0.1) is 0 Å². The van der Waals surface area contributed by atoms with Crippen molar-refractivity contribution in [3.63, 3.8) is 0 Å². The Balaban J connectivity index is 1.92. The smallest absolute Gasteiger partial charge is 0.287 e. The minimum absolute atomic E-state index is 0.134. The van der Waals surface area contributed by atoms with Crippen molar-refractivity contribution in [2.45, 2.75) is 31.8 Å². The fraction of sp³-hybridized carbons (Fsp3) is 0.545. The zero-order chi connectivity index (χ0) is 11.5. The van der Waals surface area contributed by atoms with Crippen LogP contribution in [0.5, 0.6) is 0 Å². The van der Waals surface area contributed by atoms with Crippen LogP contribution in [0.25, 0.3) is 0 Å². The molecule has 2 unspecified atom stereocenters. The van der Waals surface area contributed by atoms with E-state index < -0.39 is 0 Å². The van der Waals surface area contributed by atoms with Gasteiger partial charge in [-0.3, -0.25) is 4.79 Å². The van der Waals surface area contributed by atoms with E-state index in [1.54, 1.807) is 12.1 Å². The molecule has 16 heavy (non-hydrogen) atoms. The Labute approximate surface area is 103 Å². The average Bonchev–Trinajstić information content (AvgIpc) is 2.65. The number of hydrogen-bond donors (Lipinski definition) is 2. The van der Waals surface area contributed by atoms with Crippen molar-refractivity contribution in [3.05, 3.63) is 22.6 Å². The molecule has 1 amide bonds. The number of carbonyl (C=O) groups is 1. The summed E-state index contributed by atoms with van der Waals surface area (Å²) in [5.74, 6) is 0.225. The molecule has 0 bridgehead atoms. The SMILES string of the molecule is CC1CC(NC(=O)c2ccc(Br)o2)CCN1. The Hall–Kier alpha value is -0.810. The van der Waals surface area contributed by atoms with Gasteiger partial charge in [0.15, 0.2) is 10.4 Å². The summed E-state index contributed by atoms with van der Waals surface area (Å²) in [7, 11) is 0. The molecule has 1 aliphatic heterocycles. The van der Waals surface area contributed by atoms with E-state index in [0.29, 0.717) is 16.5 Å². The Kier molecular flexibility index (Phi) is 3.66. The second-order valence-corrected chi connectivity index (χ2v) is 4.94. The minimum Gasteiger partial charge on any atom is -0.444 e. The first-order valence-electron chi connectivity index (χ1n) is 5.45. The number of rotatable bonds is 2. The maximum atomic E-state index is 11.8. The first-order valence-corrected chi connectivity index (χ1v) is 6.24. The van der Waals surface area contributed by atoms with Gasteiger partial charge in [-0.15, -0.1) is 0 Å². The van der Waals surface area contributed by atoms with E-state index in [1.807, 2.05) is 0 Å². The Bertz CT molecular complexity index is 378. The van der Waals surface area contributed by atoms with Gasteiger partial charge in [0.2, 0.25) is 0 Å². The van der Waals surface area contributed by atoms with Crippen LogP contribution in [0.1, 0.15) is 30.3 Å². The monoisotopic (exact) mass is 286 g/mol. The molecule has 2 rings (SSSR count). The van der Waals surface area contributed by atoms with Crippen molar-refractivity contribution >= 4 is 21.8 Å². The highest BCUT2D eigenvalue weighted by Crippen LogP contribution is 2.15. The molecule has 5 heteroatoms. The molecule has 2 N–H and O–H groups in total. The molecule has 0 aliphatic carbocycles. The maximum Gasteiger partial charge on any atom is 0.287 e. The summed E-state index contributed by atoms with van der Waals surface area (Å²) in [6, 6.07) is 4.10. The van der Waals surface area contributed by atoms with Crippen molar-refractivity contribution in [1.29, 1.82) is 0 Å². The van der Waals surface area contributed by atoms with Crippen LogP contribution in [0.4, 0.5) is 0 Å². The third-order valence-electron chi connectivity index (χ3n) is 2.76. The van der Waals surface area contributed by atoms with Gasteiger partial charge in [0.1, 0.15) is 0 Å². The van der Waals surface area contributed by atoms with E-state index in [-0.39, 0.29) is 11.9 Å². The first-order chi connectivity index (χ1) is 7.65. The van der Waals surface area contributed by atoms with Crippen LogP contribution < -0.4 is 10.6 Å². The number of hydrogen-bond acceptors (Lipinski definition) is 3. The molecular formula is C11H15BrN2O2. The number of halogens is 1. The molecule has 0 saturated carbocycles. The Morgan fingerprint density at radius 1 is 1.62 bits per heavy atom. The van der Waals surface area contributed by atoms with E-state index in [2.05, 4.69) is 33.5 Å². The highest BCUT2D eigenvalue weighted by molar-refractivity contribution is 9.10. The Morgan fingerprint density at radius 3 is 3.06 bits per heavy atom. The molecule has 1 aromatic rings. The number of piperidine rings is 1. The molecule has 0 radical (unpaired) electrons. The molecule has 1 saturated heterocycles. The summed E-state index contributed by atoms with van der Waals surface area (Å²) in [6.07, 6.45) is 1.94. The highest BCUT2D eigenvalue weighted by atomic mass is 79.9. The van der Waals surface area contributed by atoms with Gasteiger partial charge in [0.05, 0.1) is 0 Å². The lowest BCUT2D eigenvalue weighted by atomic mass is 10.0. The lowest BCUT2D eigenvalue weighted by molar-refractivity contribution is 0.0896. The minimum atomic E-state index is -0.134. The van der Waals surface area contributed by atoms with Gasteiger partial charge in [-0.2, -0.15) is 0 Å². The van der Waals surface area contributed by atoms with Gasteiger partial charge in [-0.05, 0) is 54.4 Å². The molecule has 1 aliphatic rings. The predicted octanol–water partition coefficient (Wildman–Crippen LogP) is 1.91. The van der Waals surface area contributed by atoms with Gasteiger partial charge in [0.25, 0.3) is 5.91 Å². The lowest BCUT2D eigenvalue weighted by Gasteiger charge is -2.28. The second-order valence-electron chi connectivity index (χ2n) is 4.15. The third kappa shape index (κ3) is 2.86. The topological polar surface area (TPSA) is 54.3 Å². The third-order valence-corrected chi connectivity index (χ3v) is 3.18. The average molecular weight is 287 g/mol. The molecule has 4 nitrogen and oxygen atoms in total. The van der Waals surface area contributed by atoms with Crippen LogP contribution in [-0.4, -0.2) is 24.5 Å². The molecule has 88 valence electrons. The van der Waals surface area contributed by atoms with Crippen LogP contribution in [0.3, 0.4) is 0 Å². The van der Waals surface area contributed by atoms with Crippen molar-refractivity contribution in [3.8, 4) is 0 Å². The van der Waals surface area contributed by atoms with Crippen LogP contribution >= 0.6 is 15.9 Å². The van der Waals surface area contributed by atoms with Gasteiger partial charge >= 0.3 is 0 Å². The van der Waals surface area contributed by atoms with Gasteiger partial charge in [-0.25, -0.2) is 0 Å². The fourth-order valence-corrected chi connectivity index (χ4v) is 2.26. The highest BCUT2D eigenvalue weighted by Gasteiger charge is 2.21. The number of nitrogens with one attached hydrogen (secondary N) is 2.